The normalized spacial score (nSPS) is 10.8. The number of halogens is 1. The lowest BCUT2D eigenvalue weighted by atomic mass is 10.3. The molecule has 3 aromatic rings. The Kier molecular flexibility index (Phi) is 4.22. The van der Waals surface area contributed by atoms with E-state index >= 15 is 0 Å². The fourth-order valence-corrected chi connectivity index (χ4v) is 2.49. The van der Waals surface area contributed by atoms with Gasteiger partial charge in [-0.15, -0.1) is 0 Å². The molecule has 8 nitrogen and oxygen atoms in total. The number of amides is 1. The first-order valence-corrected chi connectivity index (χ1v) is 7.77. The summed E-state index contributed by atoms with van der Waals surface area (Å²) in [6.45, 7) is 3.48. The van der Waals surface area contributed by atoms with Crippen LogP contribution in [-0.2, 0) is 13.1 Å². The molecule has 22 heavy (non-hydrogen) atoms. The minimum absolute atomic E-state index is 0.236. The molecule has 0 radical (unpaired) electrons. The maximum Gasteiger partial charge on any atom is 0.274 e. The standard InChI is InChI=1S/C13H14IN7O/c1-2-20-6-9(3-16-20)7-21-8-10(4-17-21)18-13(22)12-11(14)5-15-19-12/h3-6,8H,2,7H2,1H3,(H,15,19)(H,18,22). The Bertz CT molecular complexity index is 788. The number of hydrogen-bond acceptors (Lipinski definition) is 4. The number of nitrogens with zero attached hydrogens (tertiary/aromatic N) is 5. The zero-order valence-electron chi connectivity index (χ0n) is 11.8. The zero-order chi connectivity index (χ0) is 15.5. The van der Waals surface area contributed by atoms with Gasteiger partial charge in [-0.2, -0.15) is 15.3 Å². The van der Waals surface area contributed by atoms with E-state index in [9.17, 15) is 4.79 Å². The van der Waals surface area contributed by atoms with Crippen molar-refractivity contribution in [1.82, 2.24) is 29.8 Å². The highest BCUT2D eigenvalue weighted by Crippen LogP contribution is 2.12. The van der Waals surface area contributed by atoms with Crippen LogP contribution < -0.4 is 5.32 Å². The van der Waals surface area contributed by atoms with Crippen LogP contribution in [0.15, 0.2) is 31.0 Å². The lowest BCUT2D eigenvalue weighted by molar-refractivity contribution is 0.102. The van der Waals surface area contributed by atoms with Gasteiger partial charge in [-0.05, 0) is 29.5 Å². The summed E-state index contributed by atoms with van der Waals surface area (Å²) in [7, 11) is 0. The summed E-state index contributed by atoms with van der Waals surface area (Å²) >= 11 is 2.06. The number of carbonyl (C=O) groups excluding carboxylic acids is 1. The Morgan fingerprint density at radius 1 is 1.27 bits per heavy atom. The van der Waals surface area contributed by atoms with E-state index in [-0.39, 0.29) is 5.91 Å². The molecule has 0 spiro atoms. The summed E-state index contributed by atoms with van der Waals surface area (Å²) in [4.78, 5) is 12.1. The molecule has 0 aromatic carbocycles. The SMILES string of the molecule is CCn1cc(Cn2cc(NC(=O)c3[nH]ncc3I)cn2)cn1. The van der Waals surface area contributed by atoms with Crippen molar-refractivity contribution >= 4 is 34.2 Å². The minimum Gasteiger partial charge on any atom is -0.318 e. The van der Waals surface area contributed by atoms with Crippen molar-refractivity contribution in [3.05, 3.63) is 45.8 Å². The lowest BCUT2D eigenvalue weighted by Gasteiger charge is -2.00. The number of anilines is 1. The average Bonchev–Trinajstić information content (AvgIpc) is 3.21. The van der Waals surface area contributed by atoms with E-state index in [0.29, 0.717) is 17.9 Å². The molecule has 0 unspecified atom stereocenters. The van der Waals surface area contributed by atoms with Crippen LogP contribution in [0, 0.1) is 3.57 Å². The monoisotopic (exact) mass is 411 g/mol. The third kappa shape index (κ3) is 3.18. The molecule has 0 saturated carbocycles. The molecule has 114 valence electrons. The molecule has 0 aliphatic rings. The zero-order valence-corrected chi connectivity index (χ0v) is 14.0. The van der Waals surface area contributed by atoms with Crippen LogP contribution in [-0.4, -0.2) is 35.7 Å². The van der Waals surface area contributed by atoms with Gasteiger partial charge >= 0.3 is 0 Å². The van der Waals surface area contributed by atoms with Crippen molar-refractivity contribution < 1.29 is 4.79 Å². The predicted octanol–water partition coefficient (Wildman–Crippen LogP) is 1.73. The molecule has 0 aliphatic heterocycles. The molecule has 3 heterocycles. The van der Waals surface area contributed by atoms with Gasteiger partial charge in [0.25, 0.3) is 5.91 Å². The topological polar surface area (TPSA) is 93.4 Å². The van der Waals surface area contributed by atoms with Gasteiger partial charge in [-0.25, -0.2) is 0 Å². The number of aromatic nitrogens is 6. The molecule has 0 fully saturated rings. The van der Waals surface area contributed by atoms with Gasteiger partial charge in [0.1, 0.15) is 5.69 Å². The third-order valence-electron chi connectivity index (χ3n) is 3.07. The van der Waals surface area contributed by atoms with Crippen molar-refractivity contribution in [2.24, 2.45) is 0 Å². The summed E-state index contributed by atoms with van der Waals surface area (Å²) in [6.07, 6.45) is 8.80. The van der Waals surface area contributed by atoms with Gasteiger partial charge in [-0.1, -0.05) is 0 Å². The average molecular weight is 411 g/mol. The minimum atomic E-state index is -0.236. The second-order valence-electron chi connectivity index (χ2n) is 4.68. The molecule has 1 amide bonds. The Hall–Kier alpha value is -2.17. The van der Waals surface area contributed by atoms with Crippen LogP contribution in [0.2, 0.25) is 0 Å². The van der Waals surface area contributed by atoms with Crippen molar-refractivity contribution in [2.75, 3.05) is 5.32 Å². The van der Waals surface area contributed by atoms with E-state index in [1.54, 1.807) is 23.3 Å². The molecule has 3 aromatic heterocycles. The fraction of sp³-hybridized carbons (Fsp3) is 0.231. The highest BCUT2D eigenvalue weighted by molar-refractivity contribution is 14.1. The Morgan fingerprint density at radius 3 is 2.77 bits per heavy atom. The second kappa shape index (κ2) is 6.30. The van der Waals surface area contributed by atoms with Crippen LogP contribution in [0.4, 0.5) is 5.69 Å². The molecule has 0 aliphatic carbocycles. The number of rotatable bonds is 5. The molecular weight excluding hydrogens is 397 g/mol. The van der Waals surface area contributed by atoms with Crippen molar-refractivity contribution in [2.45, 2.75) is 20.0 Å². The first kappa shape index (κ1) is 14.8. The molecule has 2 N–H and O–H groups in total. The van der Waals surface area contributed by atoms with Gasteiger partial charge in [-0.3, -0.25) is 19.3 Å². The van der Waals surface area contributed by atoms with Crippen LogP contribution in [0.1, 0.15) is 23.0 Å². The Labute approximate surface area is 140 Å². The summed E-state index contributed by atoms with van der Waals surface area (Å²) in [5.41, 5.74) is 2.14. The Balaban J connectivity index is 1.66. The Morgan fingerprint density at radius 2 is 2.09 bits per heavy atom. The lowest BCUT2D eigenvalue weighted by Crippen LogP contribution is -2.13. The van der Waals surface area contributed by atoms with Gasteiger partial charge in [0.05, 0.1) is 34.4 Å². The van der Waals surface area contributed by atoms with E-state index in [1.807, 2.05) is 24.0 Å². The number of aromatic amines is 1. The number of nitrogens with one attached hydrogen (secondary N) is 2. The van der Waals surface area contributed by atoms with E-state index in [2.05, 4.69) is 48.3 Å². The van der Waals surface area contributed by atoms with Gasteiger partial charge in [0.15, 0.2) is 0 Å². The van der Waals surface area contributed by atoms with Gasteiger partial charge in [0, 0.05) is 24.5 Å². The van der Waals surface area contributed by atoms with Crippen LogP contribution in [0.3, 0.4) is 0 Å². The van der Waals surface area contributed by atoms with Crippen LogP contribution in [0.25, 0.3) is 0 Å². The maximum absolute atomic E-state index is 12.1. The summed E-state index contributed by atoms with van der Waals surface area (Å²) in [5, 5.41) is 17.8. The number of H-pyrrole nitrogens is 1. The highest BCUT2D eigenvalue weighted by atomic mass is 127. The molecule has 9 heteroatoms. The van der Waals surface area contributed by atoms with E-state index < -0.39 is 0 Å². The van der Waals surface area contributed by atoms with E-state index in [0.717, 1.165) is 15.7 Å². The number of hydrogen-bond donors (Lipinski definition) is 2. The number of carbonyl (C=O) groups is 1. The second-order valence-corrected chi connectivity index (χ2v) is 5.84. The summed E-state index contributed by atoms with van der Waals surface area (Å²) in [5.74, 6) is -0.236. The molecular formula is C13H14IN7O. The first-order chi connectivity index (χ1) is 10.7. The largest absolute Gasteiger partial charge is 0.318 e. The molecule has 3 rings (SSSR count). The first-order valence-electron chi connectivity index (χ1n) is 6.69. The summed E-state index contributed by atoms with van der Waals surface area (Å²) < 4.78 is 4.39. The quantitative estimate of drug-likeness (QED) is 0.626. The molecule has 0 atom stereocenters. The van der Waals surface area contributed by atoms with E-state index in [4.69, 9.17) is 0 Å². The fourth-order valence-electron chi connectivity index (χ4n) is 1.99. The van der Waals surface area contributed by atoms with Crippen molar-refractivity contribution in [1.29, 1.82) is 0 Å². The van der Waals surface area contributed by atoms with Crippen molar-refractivity contribution in [3.8, 4) is 0 Å². The smallest absolute Gasteiger partial charge is 0.274 e. The molecule has 0 bridgehead atoms. The highest BCUT2D eigenvalue weighted by Gasteiger charge is 2.13. The predicted molar refractivity (Wildman–Crippen MR) is 88.5 cm³/mol. The van der Waals surface area contributed by atoms with Crippen molar-refractivity contribution in [3.63, 3.8) is 0 Å². The van der Waals surface area contributed by atoms with Crippen LogP contribution >= 0.6 is 22.6 Å². The van der Waals surface area contributed by atoms with Gasteiger partial charge in [0.2, 0.25) is 0 Å². The van der Waals surface area contributed by atoms with Gasteiger partial charge < -0.3 is 5.32 Å². The number of aryl methyl sites for hydroxylation is 1. The maximum atomic E-state index is 12.1. The summed E-state index contributed by atoms with van der Waals surface area (Å²) in [6, 6.07) is 0. The molecule has 0 saturated heterocycles. The van der Waals surface area contributed by atoms with Crippen LogP contribution in [0.5, 0.6) is 0 Å². The third-order valence-corrected chi connectivity index (χ3v) is 3.88. The van der Waals surface area contributed by atoms with E-state index in [1.165, 1.54) is 0 Å².